The molecule has 144 valence electrons. The van der Waals surface area contributed by atoms with Gasteiger partial charge in [0, 0.05) is 18.5 Å². The van der Waals surface area contributed by atoms with Gasteiger partial charge < -0.3 is 14.7 Å². The Bertz CT molecular complexity index is 688. The van der Waals surface area contributed by atoms with Crippen molar-refractivity contribution in [2.75, 3.05) is 25.0 Å². The van der Waals surface area contributed by atoms with Crippen molar-refractivity contribution in [1.29, 1.82) is 0 Å². The van der Waals surface area contributed by atoms with E-state index in [1.165, 1.54) is 16.2 Å². The Balaban J connectivity index is 2.05. The number of esters is 1. The average Bonchev–Trinajstić information content (AvgIpc) is 3.03. The van der Waals surface area contributed by atoms with Crippen molar-refractivity contribution in [3.05, 3.63) is 11.1 Å². The quantitative estimate of drug-likeness (QED) is 0.757. The molecule has 1 aliphatic rings. The van der Waals surface area contributed by atoms with Crippen LogP contribution in [0.4, 0.5) is 9.93 Å². The summed E-state index contributed by atoms with van der Waals surface area (Å²) >= 11 is 1.22. The number of piperidine rings is 1. The maximum atomic E-state index is 12.5. The van der Waals surface area contributed by atoms with Crippen molar-refractivity contribution in [3.63, 3.8) is 0 Å². The number of likely N-dealkylation sites (tertiary alicyclic amines) is 1. The number of nitrogens with zero attached hydrogens (tertiary/aromatic N) is 2. The highest BCUT2D eigenvalue weighted by Crippen LogP contribution is 2.29. The largest absolute Gasteiger partial charge is 0.481 e. The summed E-state index contributed by atoms with van der Waals surface area (Å²) in [5.41, 5.74) is -0.393. The molecule has 2 rings (SSSR count). The fourth-order valence-electron chi connectivity index (χ4n) is 2.90. The van der Waals surface area contributed by atoms with Crippen LogP contribution in [0.25, 0.3) is 0 Å². The van der Waals surface area contributed by atoms with Gasteiger partial charge in [0.05, 0.1) is 18.2 Å². The van der Waals surface area contributed by atoms with E-state index in [1.807, 2.05) is 6.92 Å². The van der Waals surface area contributed by atoms with Crippen molar-refractivity contribution >= 4 is 34.4 Å². The molecule has 9 heteroatoms. The van der Waals surface area contributed by atoms with Crippen LogP contribution in [-0.4, -0.2) is 52.7 Å². The number of carbonyl (C=O) groups excluding carboxylic acids is 2. The highest BCUT2D eigenvalue weighted by atomic mass is 32.1. The number of carboxylic acid groups (broad SMARTS) is 1. The van der Waals surface area contributed by atoms with Crippen LogP contribution in [0.15, 0.2) is 5.38 Å². The molecule has 0 saturated carbocycles. The summed E-state index contributed by atoms with van der Waals surface area (Å²) in [6.07, 6.45) is 0.564. The Morgan fingerprint density at radius 2 is 2.12 bits per heavy atom. The molecule has 2 atom stereocenters. The molecule has 8 nitrogen and oxygen atoms in total. The van der Waals surface area contributed by atoms with E-state index >= 15 is 0 Å². The maximum Gasteiger partial charge on any atom is 0.323 e. The monoisotopic (exact) mass is 383 g/mol. The van der Waals surface area contributed by atoms with Gasteiger partial charge in [-0.25, -0.2) is 9.78 Å². The number of thiazole rings is 1. The van der Waals surface area contributed by atoms with Gasteiger partial charge in [0.1, 0.15) is 5.41 Å². The fraction of sp³-hybridized carbons (Fsp3) is 0.647. The van der Waals surface area contributed by atoms with Gasteiger partial charge in [-0.3, -0.25) is 14.9 Å². The highest BCUT2D eigenvalue weighted by molar-refractivity contribution is 7.14. The van der Waals surface area contributed by atoms with Gasteiger partial charge in [-0.05, 0) is 33.1 Å². The third-order valence-electron chi connectivity index (χ3n) is 4.44. The smallest absolute Gasteiger partial charge is 0.323 e. The molecule has 2 amide bonds. The van der Waals surface area contributed by atoms with E-state index in [9.17, 15) is 19.5 Å². The van der Waals surface area contributed by atoms with Gasteiger partial charge in [0.2, 0.25) is 0 Å². The number of anilines is 1. The Labute approximate surface area is 156 Å². The number of aromatic nitrogens is 1. The Kier molecular flexibility index (Phi) is 6.22. The van der Waals surface area contributed by atoms with E-state index in [0.29, 0.717) is 23.8 Å². The summed E-state index contributed by atoms with van der Waals surface area (Å²) in [4.78, 5) is 41.6. The minimum Gasteiger partial charge on any atom is -0.481 e. The molecule has 1 saturated heterocycles. The first-order valence-electron chi connectivity index (χ1n) is 8.57. The molecule has 0 bridgehead atoms. The lowest BCUT2D eigenvalue weighted by Gasteiger charge is -2.34. The third kappa shape index (κ3) is 4.51. The van der Waals surface area contributed by atoms with Crippen molar-refractivity contribution in [1.82, 2.24) is 9.88 Å². The summed E-state index contributed by atoms with van der Waals surface area (Å²) in [5, 5.41) is 14.0. The van der Waals surface area contributed by atoms with Crippen molar-refractivity contribution < 1.29 is 24.2 Å². The predicted molar refractivity (Wildman–Crippen MR) is 97.3 cm³/mol. The number of rotatable bonds is 5. The SMILES string of the molecule is CCOC(=O)C(C)(C)c1csc(NC(=O)N2CC(C)CC(C(=O)O)C2)n1. The van der Waals surface area contributed by atoms with Crippen LogP contribution in [0.2, 0.25) is 0 Å². The van der Waals surface area contributed by atoms with Crippen molar-refractivity contribution in [2.45, 2.75) is 39.5 Å². The van der Waals surface area contributed by atoms with Crippen LogP contribution in [0.5, 0.6) is 0 Å². The molecule has 26 heavy (non-hydrogen) atoms. The Morgan fingerprint density at radius 3 is 2.73 bits per heavy atom. The summed E-state index contributed by atoms with van der Waals surface area (Å²) in [7, 11) is 0. The molecule has 0 radical (unpaired) electrons. The van der Waals surface area contributed by atoms with E-state index in [2.05, 4.69) is 10.3 Å². The third-order valence-corrected chi connectivity index (χ3v) is 5.20. The minimum atomic E-state index is -0.913. The molecule has 0 aliphatic carbocycles. The molecule has 1 aromatic rings. The van der Waals surface area contributed by atoms with Gasteiger partial charge in [-0.1, -0.05) is 6.92 Å². The summed E-state index contributed by atoms with van der Waals surface area (Å²) in [5.74, 6) is -1.70. The van der Waals surface area contributed by atoms with Crippen molar-refractivity contribution in [3.8, 4) is 0 Å². The van der Waals surface area contributed by atoms with Gasteiger partial charge in [0.25, 0.3) is 0 Å². The molecule has 1 aromatic heterocycles. The lowest BCUT2D eigenvalue weighted by atomic mass is 9.90. The van der Waals surface area contributed by atoms with E-state index in [-0.39, 0.29) is 31.1 Å². The zero-order chi connectivity index (χ0) is 19.5. The molecular formula is C17H25N3O5S. The first-order chi connectivity index (χ1) is 12.1. The summed E-state index contributed by atoms with van der Waals surface area (Å²) < 4.78 is 5.07. The molecule has 0 aromatic carbocycles. The first-order valence-corrected chi connectivity index (χ1v) is 9.45. The Morgan fingerprint density at radius 1 is 1.42 bits per heavy atom. The standard InChI is InChI=1S/C17H25N3O5S/c1-5-25-14(23)17(3,4)12-9-26-15(18-12)19-16(24)20-7-10(2)6-11(8-20)13(21)22/h9-11H,5-8H2,1-4H3,(H,21,22)(H,18,19,24). The highest BCUT2D eigenvalue weighted by Gasteiger charge is 2.35. The number of nitrogens with one attached hydrogen (secondary N) is 1. The summed E-state index contributed by atoms with van der Waals surface area (Å²) in [6, 6.07) is -0.377. The van der Waals surface area contributed by atoms with Crippen molar-refractivity contribution in [2.24, 2.45) is 11.8 Å². The van der Waals surface area contributed by atoms with Crippen LogP contribution in [0, 0.1) is 11.8 Å². The zero-order valence-corrected chi connectivity index (χ0v) is 16.3. The van der Waals surface area contributed by atoms with E-state index in [4.69, 9.17) is 4.74 Å². The number of hydrogen-bond donors (Lipinski definition) is 2. The van der Waals surface area contributed by atoms with Gasteiger partial charge in [0.15, 0.2) is 5.13 Å². The maximum absolute atomic E-state index is 12.5. The van der Waals surface area contributed by atoms with Crippen LogP contribution in [0.3, 0.4) is 0 Å². The van der Waals surface area contributed by atoms with Crippen LogP contribution in [0.1, 0.15) is 39.8 Å². The molecular weight excluding hydrogens is 358 g/mol. The molecule has 2 N–H and O–H groups in total. The number of urea groups is 1. The average molecular weight is 383 g/mol. The number of aliphatic carboxylic acids is 1. The normalized spacial score (nSPS) is 20.5. The number of carbonyl (C=O) groups is 3. The molecule has 2 unspecified atom stereocenters. The van der Waals surface area contributed by atoms with E-state index in [1.54, 1.807) is 26.2 Å². The van der Waals surface area contributed by atoms with Gasteiger partial charge in [-0.15, -0.1) is 11.3 Å². The molecule has 0 spiro atoms. The van der Waals surface area contributed by atoms with E-state index < -0.39 is 17.3 Å². The molecule has 1 aliphatic heterocycles. The number of hydrogen-bond acceptors (Lipinski definition) is 6. The van der Waals surface area contributed by atoms with E-state index in [0.717, 1.165) is 0 Å². The zero-order valence-electron chi connectivity index (χ0n) is 15.4. The molecule has 1 fully saturated rings. The number of amides is 2. The lowest BCUT2D eigenvalue weighted by Crippen LogP contribution is -2.47. The van der Waals surface area contributed by atoms with Crippen LogP contribution >= 0.6 is 11.3 Å². The second-order valence-electron chi connectivity index (χ2n) is 7.09. The lowest BCUT2D eigenvalue weighted by molar-refractivity contribution is -0.149. The van der Waals surface area contributed by atoms with Crippen LogP contribution < -0.4 is 5.32 Å². The first kappa shape index (κ1) is 20.2. The molecule has 2 heterocycles. The van der Waals surface area contributed by atoms with Crippen LogP contribution in [-0.2, 0) is 19.7 Å². The topological polar surface area (TPSA) is 109 Å². The number of carboxylic acids is 1. The number of ether oxygens (including phenoxy) is 1. The van der Waals surface area contributed by atoms with Gasteiger partial charge >= 0.3 is 18.0 Å². The minimum absolute atomic E-state index is 0.116. The summed E-state index contributed by atoms with van der Waals surface area (Å²) in [6.45, 7) is 8.07. The van der Waals surface area contributed by atoms with Gasteiger partial charge in [-0.2, -0.15) is 0 Å². The Hall–Kier alpha value is -2.16. The second-order valence-corrected chi connectivity index (χ2v) is 7.95. The fourth-order valence-corrected chi connectivity index (χ4v) is 3.77. The predicted octanol–water partition coefficient (Wildman–Crippen LogP) is 2.56. The second kappa shape index (κ2) is 8.03.